The second-order valence-corrected chi connectivity index (χ2v) is 4.43. The van der Waals surface area contributed by atoms with Crippen LogP contribution in [0.1, 0.15) is 40.0 Å². The Labute approximate surface area is 109 Å². The van der Waals surface area contributed by atoms with Crippen molar-refractivity contribution in [2.45, 2.75) is 46.1 Å². The highest BCUT2D eigenvalue weighted by molar-refractivity contribution is 6.06. The molecule has 0 aromatic heterocycles. The molecule has 0 radical (unpaired) electrons. The normalized spacial score (nSPS) is 14.3. The van der Waals surface area contributed by atoms with E-state index in [1.165, 1.54) is 0 Å². The number of nitrogens with zero attached hydrogens (tertiary/aromatic N) is 1. The Hall–Kier alpha value is -1.30. The fraction of sp³-hybridized carbons (Fsp3) is 0.833. The minimum Gasteiger partial charge on any atom is -0.409 e. The van der Waals surface area contributed by atoms with Crippen LogP contribution in [0.25, 0.3) is 0 Å². The van der Waals surface area contributed by atoms with Crippen molar-refractivity contribution in [3.63, 3.8) is 0 Å². The number of oxime groups is 1. The lowest BCUT2D eigenvalue weighted by Crippen LogP contribution is -2.51. The van der Waals surface area contributed by atoms with Gasteiger partial charge >= 0.3 is 0 Å². The Bertz CT molecular complexity index is 288. The van der Waals surface area contributed by atoms with Crippen molar-refractivity contribution in [3.8, 4) is 0 Å². The topological polar surface area (TPSA) is 96.9 Å². The molecular formula is C12H25N3O3. The van der Waals surface area contributed by atoms with Crippen LogP contribution in [-0.2, 0) is 9.53 Å². The van der Waals surface area contributed by atoms with Gasteiger partial charge in [0.2, 0.25) is 5.91 Å². The summed E-state index contributed by atoms with van der Waals surface area (Å²) in [6.45, 7) is 6.18. The summed E-state index contributed by atoms with van der Waals surface area (Å²) in [5.74, 6) is -0.240. The van der Waals surface area contributed by atoms with Gasteiger partial charge in [0.15, 0.2) is 5.84 Å². The summed E-state index contributed by atoms with van der Waals surface area (Å²) in [7, 11) is 1.62. The lowest BCUT2D eigenvalue weighted by molar-refractivity contribution is -0.128. The predicted molar refractivity (Wildman–Crippen MR) is 70.5 cm³/mol. The van der Waals surface area contributed by atoms with Crippen LogP contribution in [0.4, 0.5) is 0 Å². The number of hydrogen-bond donors (Lipinski definition) is 3. The molecule has 0 rings (SSSR count). The van der Waals surface area contributed by atoms with Crippen LogP contribution in [-0.4, -0.2) is 36.7 Å². The first-order valence-electron chi connectivity index (χ1n) is 6.26. The highest BCUT2D eigenvalue weighted by Crippen LogP contribution is 2.27. The lowest BCUT2D eigenvalue weighted by Gasteiger charge is -2.30. The molecule has 1 amide bonds. The van der Waals surface area contributed by atoms with E-state index in [2.05, 4.69) is 10.5 Å². The molecule has 0 aliphatic carbocycles. The van der Waals surface area contributed by atoms with E-state index in [0.29, 0.717) is 19.4 Å². The number of amides is 1. The number of carbonyl (C=O) groups excluding carboxylic acids is 1. The van der Waals surface area contributed by atoms with Crippen LogP contribution < -0.4 is 11.1 Å². The highest BCUT2D eigenvalue weighted by Gasteiger charge is 2.40. The summed E-state index contributed by atoms with van der Waals surface area (Å²) >= 11 is 0. The Balaban J connectivity index is 4.78. The smallest absolute Gasteiger partial charge is 0.234 e. The quantitative estimate of drug-likeness (QED) is 0.263. The summed E-state index contributed by atoms with van der Waals surface area (Å²) in [6, 6.07) is -0.0126. The first-order chi connectivity index (χ1) is 8.48. The second-order valence-electron chi connectivity index (χ2n) is 4.43. The van der Waals surface area contributed by atoms with Crippen LogP contribution in [0.3, 0.4) is 0 Å². The first-order valence-corrected chi connectivity index (χ1v) is 6.26. The zero-order chi connectivity index (χ0) is 14.2. The van der Waals surface area contributed by atoms with Gasteiger partial charge < -0.3 is 21.0 Å². The van der Waals surface area contributed by atoms with Gasteiger partial charge in [-0.2, -0.15) is 0 Å². The summed E-state index contributed by atoms with van der Waals surface area (Å²) in [4.78, 5) is 12.3. The lowest BCUT2D eigenvalue weighted by atomic mass is 9.80. The van der Waals surface area contributed by atoms with E-state index >= 15 is 0 Å². The van der Waals surface area contributed by atoms with Gasteiger partial charge in [0, 0.05) is 19.8 Å². The van der Waals surface area contributed by atoms with Gasteiger partial charge in [-0.25, -0.2) is 0 Å². The van der Waals surface area contributed by atoms with Gasteiger partial charge in [-0.3, -0.25) is 4.79 Å². The van der Waals surface area contributed by atoms with Crippen molar-refractivity contribution < 1.29 is 14.7 Å². The molecule has 0 aromatic carbocycles. The van der Waals surface area contributed by atoms with E-state index in [0.717, 1.165) is 6.42 Å². The van der Waals surface area contributed by atoms with Crippen LogP contribution >= 0.6 is 0 Å². The minimum atomic E-state index is -0.934. The minimum absolute atomic E-state index is 0.0126. The number of nitrogens with one attached hydrogen (secondary N) is 1. The molecule has 0 aliphatic heterocycles. The monoisotopic (exact) mass is 259 g/mol. The molecule has 6 nitrogen and oxygen atoms in total. The number of methoxy groups -OCH3 is 1. The molecule has 0 saturated carbocycles. The van der Waals surface area contributed by atoms with E-state index in [1.807, 2.05) is 20.8 Å². The Morgan fingerprint density at radius 1 is 1.50 bits per heavy atom. The molecule has 18 heavy (non-hydrogen) atoms. The van der Waals surface area contributed by atoms with Crippen LogP contribution in [0.5, 0.6) is 0 Å². The molecule has 0 heterocycles. The molecule has 106 valence electrons. The molecule has 0 aromatic rings. The number of carbonyl (C=O) groups is 1. The highest BCUT2D eigenvalue weighted by atomic mass is 16.5. The third kappa shape index (κ3) is 3.87. The summed E-state index contributed by atoms with van der Waals surface area (Å²) in [5, 5.41) is 14.7. The van der Waals surface area contributed by atoms with Crippen molar-refractivity contribution in [1.82, 2.24) is 5.32 Å². The van der Waals surface area contributed by atoms with Gasteiger partial charge in [0.1, 0.15) is 5.41 Å². The average Bonchev–Trinajstić information content (AvgIpc) is 2.37. The fourth-order valence-electron chi connectivity index (χ4n) is 1.87. The van der Waals surface area contributed by atoms with Gasteiger partial charge in [-0.1, -0.05) is 19.0 Å². The maximum Gasteiger partial charge on any atom is 0.234 e. The third-order valence-corrected chi connectivity index (χ3v) is 3.37. The number of hydrogen-bond acceptors (Lipinski definition) is 4. The second kappa shape index (κ2) is 7.92. The van der Waals surface area contributed by atoms with Crippen molar-refractivity contribution in [1.29, 1.82) is 0 Å². The van der Waals surface area contributed by atoms with Crippen molar-refractivity contribution >= 4 is 11.7 Å². The molecule has 0 bridgehead atoms. The Kier molecular flexibility index (Phi) is 7.35. The average molecular weight is 259 g/mol. The van der Waals surface area contributed by atoms with Crippen molar-refractivity contribution in [3.05, 3.63) is 0 Å². The predicted octanol–water partition coefficient (Wildman–Crippen LogP) is 1.08. The first kappa shape index (κ1) is 16.7. The van der Waals surface area contributed by atoms with E-state index in [-0.39, 0.29) is 17.8 Å². The standard InChI is InChI=1S/C12H25N3O3/c1-5-12(6-2,10(13)15-17)11(16)14-9(3)7-8-18-4/h9,17H,5-8H2,1-4H3,(H2,13,15)(H,14,16). The SMILES string of the molecule is CCC(CC)(C(=O)NC(C)CCOC)C(N)=NO. The van der Waals surface area contributed by atoms with Gasteiger partial charge in [0.25, 0.3) is 0 Å². The summed E-state index contributed by atoms with van der Waals surface area (Å²) in [5.41, 5.74) is 4.73. The van der Waals surface area contributed by atoms with Crippen LogP contribution in [0.15, 0.2) is 5.16 Å². The molecular weight excluding hydrogens is 234 g/mol. The Morgan fingerprint density at radius 2 is 2.06 bits per heavy atom. The molecule has 0 aliphatic rings. The fourth-order valence-corrected chi connectivity index (χ4v) is 1.87. The molecule has 0 saturated heterocycles. The van der Waals surface area contributed by atoms with E-state index in [4.69, 9.17) is 15.7 Å². The van der Waals surface area contributed by atoms with E-state index in [1.54, 1.807) is 7.11 Å². The van der Waals surface area contributed by atoms with Gasteiger partial charge in [-0.15, -0.1) is 0 Å². The molecule has 6 heteroatoms. The molecule has 1 unspecified atom stereocenters. The van der Waals surface area contributed by atoms with Gasteiger partial charge in [-0.05, 0) is 26.2 Å². The maximum absolute atomic E-state index is 12.3. The molecule has 0 spiro atoms. The molecule has 4 N–H and O–H groups in total. The number of amidine groups is 1. The number of ether oxygens (including phenoxy) is 1. The zero-order valence-corrected chi connectivity index (χ0v) is 11.7. The number of rotatable bonds is 8. The zero-order valence-electron chi connectivity index (χ0n) is 11.7. The molecule has 0 fully saturated rings. The third-order valence-electron chi connectivity index (χ3n) is 3.37. The van der Waals surface area contributed by atoms with Crippen LogP contribution in [0.2, 0.25) is 0 Å². The van der Waals surface area contributed by atoms with E-state index < -0.39 is 5.41 Å². The molecule has 1 atom stereocenters. The summed E-state index contributed by atoms with van der Waals surface area (Å²) in [6.07, 6.45) is 1.70. The Morgan fingerprint density at radius 3 is 2.44 bits per heavy atom. The van der Waals surface area contributed by atoms with Crippen molar-refractivity contribution in [2.24, 2.45) is 16.3 Å². The van der Waals surface area contributed by atoms with Crippen LogP contribution in [0, 0.1) is 5.41 Å². The summed E-state index contributed by atoms with van der Waals surface area (Å²) < 4.78 is 4.96. The largest absolute Gasteiger partial charge is 0.409 e. The van der Waals surface area contributed by atoms with Crippen molar-refractivity contribution in [2.75, 3.05) is 13.7 Å². The van der Waals surface area contributed by atoms with Gasteiger partial charge in [0.05, 0.1) is 0 Å². The number of nitrogens with two attached hydrogens (primary N) is 1. The van der Waals surface area contributed by atoms with E-state index in [9.17, 15) is 4.79 Å². The maximum atomic E-state index is 12.3.